The Labute approximate surface area is 112 Å². The van der Waals surface area contributed by atoms with E-state index in [1.165, 1.54) is 16.8 Å². The van der Waals surface area contributed by atoms with Crippen LogP contribution in [0.25, 0.3) is 0 Å². The minimum atomic E-state index is -0.0178. The molecule has 0 spiro atoms. The number of hydrogen-bond acceptors (Lipinski definition) is 4. The van der Waals surface area contributed by atoms with Crippen molar-refractivity contribution in [2.75, 3.05) is 11.4 Å². The highest BCUT2D eigenvalue weighted by Gasteiger charge is 2.19. The Hall–Kier alpha value is -1.94. The molecule has 0 bridgehead atoms. The van der Waals surface area contributed by atoms with Crippen LogP contribution >= 0.6 is 0 Å². The number of anilines is 2. The van der Waals surface area contributed by atoms with Gasteiger partial charge in [-0.1, -0.05) is 17.7 Å². The highest BCUT2D eigenvalue weighted by Crippen LogP contribution is 2.31. The molecular formula is C15H17N3O. The van der Waals surface area contributed by atoms with Crippen molar-refractivity contribution in [2.24, 2.45) is 0 Å². The van der Waals surface area contributed by atoms with Crippen LogP contribution in [-0.2, 0) is 13.0 Å². The molecule has 0 radical (unpaired) electrons. The Kier molecular flexibility index (Phi) is 3.17. The molecule has 0 atom stereocenters. The predicted octanol–water partition coefficient (Wildman–Crippen LogP) is 2.36. The zero-order chi connectivity index (χ0) is 13.2. The molecular weight excluding hydrogens is 238 g/mol. The van der Waals surface area contributed by atoms with Crippen molar-refractivity contribution < 1.29 is 5.11 Å². The second-order valence-electron chi connectivity index (χ2n) is 4.94. The van der Waals surface area contributed by atoms with E-state index in [9.17, 15) is 0 Å². The SMILES string of the molecule is Cc1ccc2c(c1)CCCN2c1ncc(CO)cn1. The lowest BCUT2D eigenvalue weighted by Gasteiger charge is -2.29. The molecule has 19 heavy (non-hydrogen) atoms. The fourth-order valence-electron chi connectivity index (χ4n) is 2.50. The summed E-state index contributed by atoms with van der Waals surface area (Å²) in [7, 11) is 0. The summed E-state index contributed by atoms with van der Waals surface area (Å²) >= 11 is 0. The molecule has 3 rings (SSSR count). The highest BCUT2D eigenvalue weighted by atomic mass is 16.3. The van der Waals surface area contributed by atoms with E-state index in [2.05, 4.69) is 40.0 Å². The maximum Gasteiger partial charge on any atom is 0.229 e. The molecule has 4 nitrogen and oxygen atoms in total. The zero-order valence-corrected chi connectivity index (χ0v) is 11.0. The Morgan fingerprint density at radius 2 is 2.05 bits per heavy atom. The lowest BCUT2D eigenvalue weighted by Crippen LogP contribution is -2.26. The molecule has 98 valence electrons. The highest BCUT2D eigenvalue weighted by molar-refractivity contribution is 5.64. The van der Waals surface area contributed by atoms with Crippen LogP contribution in [0.5, 0.6) is 0 Å². The van der Waals surface area contributed by atoms with Gasteiger partial charge in [-0.05, 0) is 31.4 Å². The number of hydrogen-bond donors (Lipinski definition) is 1. The second kappa shape index (κ2) is 4.97. The van der Waals surface area contributed by atoms with E-state index in [4.69, 9.17) is 5.11 Å². The van der Waals surface area contributed by atoms with Gasteiger partial charge in [0.25, 0.3) is 0 Å². The van der Waals surface area contributed by atoms with Crippen molar-refractivity contribution in [2.45, 2.75) is 26.4 Å². The standard InChI is InChI=1S/C15H17N3O/c1-11-4-5-14-13(7-11)3-2-6-18(14)15-16-8-12(10-19)9-17-15/h4-5,7-9,19H,2-3,6,10H2,1H3. The van der Waals surface area contributed by atoms with Crippen molar-refractivity contribution in [1.82, 2.24) is 9.97 Å². The molecule has 0 amide bonds. The van der Waals surface area contributed by atoms with Gasteiger partial charge in [-0.3, -0.25) is 0 Å². The maximum absolute atomic E-state index is 9.03. The van der Waals surface area contributed by atoms with E-state index < -0.39 is 0 Å². The summed E-state index contributed by atoms with van der Waals surface area (Å²) in [4.78, 5) is 10.9. The first-order chi connectivity index (χ1) is 9.28. The molecule has 1 aliphatic rings. The van der Waals surface area contributed by atoms with E-state index in [0.717, 1.165) is 24.9 Å². The van der Waals surface area contributed by atoms with Gasteiger partial charge in [0, 0.05) is 30.2 Å². The summed E-state index contributed by atoms with van der Waals surface area (Å²) < 4.78 is 0. The van der Waals surface area contributed by atoms with Gasteiger partial charge in [0.1, 0.15) is 0 Å². The van der Waals surface area contributed by atoms with Gasteiger partial charge >= 0.3 is 0 Å². The van der Waals surface area contributed by atoms with E-state index in [-0.39, 0.29) is 6.61 Å². The first-order valence-corrected chi connectivity index (χ1v) is 6.57. The van der Waals surface area contributed by atoms with Crippen LogP contribution < -0.4 is 4.90 Å². The number of fused-ring (bicyclic) bond motifs is 1. The summed E-state index contributed by atoms with van der Waals surface area (Å²) in [5, 5.41) is 9.03. The molecule has 1 aromatic heterocycles. The number of rotatable bonds is 2. The topological polar surface area (TPSA) is 49.2 Å². The van der Waals surface area contributed by atoms with Gasteiger partial charge in [-0.15, -0.1) is 0 Å². The van der Waals surface area contributed by atoms with Crippen molar-refractivity contribution in [3.05, 3.63) is 47.3 Å². The van der Waals surface area contributed by atoms with Gasteiger partial charge in [0.05, 0.1) is 6.61 Å². The normalized spacial score (nSPS) is 14.3. The number of aliphatic hydroxyl groups is 1. The maximum atomic E-state index is 9.03. The summed E-state index contributed by atoms with van der Waals surface area (Å²) in [6.07, 6.45) is 5.60. The molecule has 1 N–H and O–H groups in total. The van der Waals surface area contributed by atoms with Crippen LogP contribution in [0.15, 0.2) is 30.6 Å². The summed E-state index contributed by atoms with van der Waals surface area (Å²) in [6, 6.07) is 6.51. The molecule has 0 saturated heterocycles. The van der Waals surface area contributed by atoms with E-state index in [0.29, 0.717) is 5.95 Å². The van der Waals surface area contributed by atoms with Crippen LogP contribution in [0.3, 0.4) is 0 Å². The largest absolute Gasteiger partial charge is 0.392 e. The van der Waals surface area contributed by atoms with E-state index in [1.807, 2.05) is 0 Å². The molecule has 0 unspecified atom stereocenters. The van der Waals surface area contributed by atoms with Crippen LogP contribution in [0, 0.1) is 6.92 Å². The average Bonchev–Trinajstić information content (AvgIpc) is 2.46. The van der Waals surface area contributed by atoms with Crippen LogP contribution in [-0.4, -0.2) is 21.6 Å². The summed E-state index contributed by atoms with van der Waals surface area (Å²) in [5.74, 6) is 0.710. The monoisotopic (exact) mass is 255 g/mol. The quantitative estimate of drug-likeness (QED) is 0.895. The molecule has 4 heteroatoms. The number of aliphatic hydroxyl groups excluding tert-OH is 1. The molecule has 1 aliphatic heterocycles. The van der Waals surface area contributed by atoms with Crippen molar-refractivity contribution in [3.63, 3.8) is 0 Å². The fraction of sp³-hybridized carbons (Fsp3) is 0.333. The Morgan fingerprint density at radius 3 is 2.79 bits per heavy atom. The minimum absolute atomic E-state index is 0.0178. The summed E-state index contributed by atoms with van der Waals surface area (Å²) in [6.45, 7) is 3.04. The second-order valence-corrected chi connectivity index (χ2v) is 4.94. The van der Waals surface area contributed by atoms with Crippen LogP contribution in [0.4, 0.5) is 11.6 Å². The third-order valence-corrected chi connectivity index (χ3v) is 3.47. The zero-order valence-electron chi connectivity index (χ0n) is 11.0. The Bertz CT molecular complexity index is 580. The number of benzene rings is 1. The Balaban J connectivity index is 1.98. The predicted molar refractivity (Wildman–Crippen MR) is 74.5 cm³/mol. The third-order valence-electron chi connectivity index (χ3n) is 3.47. The molecule has 0 aliphatic carbocycles. The molecule has 0 saturated carbocycles. The fourth-order valence-corrected chi connectivity index (χ4v) is 2.50. The molecule has 2 heterocycles. The first-order valence-electron chi connectivity index (χ1n) is 6.57. The van der Waals surface area contributed by atoms with Crippen molar-refractivity contribution in [3.8, 4) is 0 Å². The van der Waals surface area contributed by atoms with E-state index in [1.54, 1.807) is 12.4 Å². The lowest BCUT2D eigenvalue weighted by atomic mass is 10.00. The Morgan fingerprint density at radius 1 is 1.26 bits per heavy atom. The molecule has 1 aromatic carbocycles. The summed E-state index contributed by atoms with van der Waals surface area (Å²) in [5.41, 5.74) is 4.59. The molecule has 2 aromatic rings. The van der Waals surface area contributed by atoms with Gasteiger partial charge in [0.15, 0.2) is 0 Å². The lowest BCUT2D eigenvalue weighted by molar-refractivity contribution is 0.281. The van der Waals surface area contributed by atoms with E-state index >= 15 is 0 Å². The first kappa shape index (κ1) is 12.1. The number of aromatic nitrogens is 2. The van der Waals surface area contributed by atoms with Gasteiger partial charge < -0.3 is 10.0 Å². The minimum Gasteiger partial charge on any atom is -0.392 e. The molecule has 0 fully saturated rings. The van der Waals surface area contributed by atoms with Gasteiger partial charge in [-0.2, -0.15) is 0 Å². The smallest absolute Gasteiger partial charge is 0.229 e. The number of nitrogens with zero attached hydrogens (tertiary/aromatic N) is 3. The number of aryl methyl sites for hydroxylation is 2. The van der Waals surface area contributed by atoms with Gasteiger partial charge in [-0.25, -0.2) is 9.97 Å². The van der Waals surface area contributed by atoms with Crippen LogP contribution in [0.1, 0.15) is 23.1 Å². The average molecular weight is 255 g/mol. The third kappa shape index (κ3) is 2.31. The van der Waals surface area contributed by atoms with Crippen molar-refractivity contribution in [1.29, 1.82) is 0 Å². The van der Waals surface area contributed by atoms with Crippen LogP contribution in [0.2, 0.25) is 0 Å². The van der Waals surface area contributed by atoms with Crippen molar-refractivity contribution >= 4 is 11.6 Å². The van der Waals surface area contributed by atoms with Gasteiger partial charge in [0.2, 0.25) is 5.95 Å².